The van der Waals surface area contributed by atoms with Crippen molar-refractivity contribution in [1.29, 1.82) is 0 Å². The minimum absolute atomic E-state index is 0.150. The van der Waals surface area contributed by atoms with Gasteiger partial charge in [0.15, 0.2) is 0 Å². The molecule has 2 amide bonds. The number of nitrogens with zero attached hydrogens (tertiary/aromatic N) is 2. The van der Waals surface area contributed by atoms with Gasteiger partial charge in [0.2, 0.25) is 0 Å². The van der Waals surface area contributed by atoms with Gasteiger partial charge in [0.25, 0.3) is 0 Å². The van der Waals surface area contributed by atoms with Crippen LogP contribution >= 0.6 is 0 Å². The van der Waals surface area contributed by atoms with Gasteiger partial charge in [0.05, 0.1) is 17.6 Å². The largest absolute Gasteiger partial charge is 0.323 e. The third-order valence-electron chi connectivity index (χ3n) is 3.64. The fraction of sp³-hybridized carbons (Fsp3) is 0.333. The van der Waals surface area contributed by atoms with Crippen molar-refractivity contribution in [3.8, 4) is 0 Å². The maximum Gasteiger partial charge on any atom is 0.323 e. The summed E-state index contributed by atoms with van der Waals surface area (Å²) in [6.45, 7) is 4.27. The number of aryl methyl sites for hydroxylation is 1. The van der Waals surface area contributed by atoms with E-state index in [2.05, 4.69) is 25.8 Å². The molecule has 2 rings (SSSR count). The van der Waals surface area contributed by atoms with Crippen LogP contribution in [0.5, 0.6) is 0 Å². The summed E-state index contributed by atoms with van der Waals surface area (Å²) in [6.07, 6.45) is 1.55. The van der Waals surface area contributed by atoms with Gasteiger partial charge in [-0.3, -0.25) is 4.98 Å². The number of aromatic nitrogens is 1. The molecule has 0 spiro atoms. The Bertz CT molecular complexity index is 705. The summed E-state index contributed by atoms with van der Waals surface area (Å²) in [5.74, 6) is -0.473. The number of halogens is 1. The monoisotopic (exact) mass is 345 g/mol. The highest BCUT2D eigenvalue weighted by Crippen LogP contribution is 2.18. The van der Waals surface area contributed by atoms with Gasteiger partial charge in [-0.15, -0.1) is 0 Å². The Labute approximate surface area is 147 Å². The zero-order valence-electron chi connectivity index (χ0n) is 14.8. The van der Waals surface area contributed by atoms with Crippen LogP contribution in [0.15, 0.2) is 36.5 Å². The molecule has 0 saturated heterocycles. The number of likely N-dealkylation sites (N-methyl/N-ethyl adjacent to an activating group) is 2. The van der Waals surface area contributed by atoms with Crippen molar-refractivity contribution in [3.63, 3.8) is 0 Å². The van der Waals surface area contributed by atoms with E-state index in [9.17, 15) is 9.18 Å². The highest BCUT2D eigenvalue weighted by molar-refractivity contribution is 5.99. The normalized spacial score (nSPS) is 10.8. The van der Waals surface area contributed by atoms with E-state index < -0.39 is 11.8 Å². The van der Waals surface area contributed by atoms with Crippen LogP contribution in [-0.4, -0.2) is 43.1 Å². The van der Waals surface area contributed by atoms with E-state index in [1.165, 1.54) is 6.07 Å². The molecule has 0 aliphatic rings. The molecule has 0 radical (unpaired) electrons. The quantitative estimate of drug-likeness (QED) is 0.722. The van der Waals surface area contributed by atoms with E-state index in [0.717, 1.165) is 24.3 Å². The predicted octanol–water partition coefficient (Wildman–Crippen LogP) is 2.82. The molecule has 7 heteroatoms. The fourth-order valence-corrected chi connectivity index (χ4v) is 2.29. The molecule has 2 aromatic rings. The maximum atomic E-state index is 14.0. The minimum Gasteiger partial charge on any atom is -0.318 e. The van der Waals surface area contributed by atoms with Gasteiger partial charge in [-0.05, 0) is 50.8 Å². The first-order chi connectivity index (χ1) is 12.0. The summed E-state index contributed by atoms with van der Waals surface area (Å²) in [7, 11) is 3.89. The predicted molar refractivity (Wildman–Crippen MR) is 98.3 cm³/mol. The Morgan fingerprint density at radius 3 is 2.72 bits per heavy atom. The molecular weight excluding hydrogens is 321 g/mol. The van der Waals surface area contributed by atoms with E-state index in [4.69, 9.17) is 0 Å². The number of carbonyl (C=O) groups is 1. The van der Waals surface area contributed by atoms with E-state index in [1.807, 2.05) is 21.0 Å². The third kappa shape index (κ3) is 6.13. The molecule has 1 aromatic carbocycles. The number of carbonyl (C=O) groups excluding carboxylic acids is 1. The van der Waals surface area contributed by atoms with Gasteiger partial charge in [-0.1, -0.05) is 6.07 Å². The lowest BCUT2D eigenvalue weighted by Crippen LogP contribution is -2.27. The first-order valence-corrected chi connectivity index (χ1v) is 8.10. The molecule has 0 atom stereocenters. The standard InChI is InChI=1S/C18H24FN5O/c1-13-4-6-15(11-21-13)22-18(25)23-17-10-14(5-7-16(17)19)12-24(3)9-8-20-2/h4-7,10-11,20H,8-9,12H2,1-3H3,(H2,22,23,25). The summed E-state index contributed by atoms with van der Waals surface area (Å²) < 4.78 is 14.0. The van der Waals surface area contributed by atoms with Crippen LogP contribution in [0.25, 0.3) is 0 Å². The molecular formula is C18H24FN5O. The second-order valence-corrected chi connectivity index (χ2v) is 5.92. The van der Waals surface area contributed by atoms with Crippen LogP contribution in [0.2, 0.25) is 0 Å². The summed E-state index contributed by atoms with van der Waals surface area (Å²) in [5, 5.41) is 8.27. The minimum atomic E-state index is -0.509. The molecule has 0 unspecified atom stereocenters. The first kappa shape index (κ1) is 18.8. The molecule has 1 aromatic heterocycles. The molecule has 0 aliphatic heterocycles. The molecule has 134 valence electrons. The van der Waals surface area contributed by atoms with Crippen LogP contribution in [0.1, 0.15) is 11.3 Å². The Morgan fingerprint density at radius 2 is 2.04 bits per heavy atom. The lowest BCUT2D eigenvalue weighted by atomic mass is 10.2. The van der Waals surface area contributed by atoms with Crippen LogP contribution < -0.4 is 16.0 Å². The van der Waals surface area contributed by atoms with Crippen molar-refractivity contribution in [2.75, 3.05) is 37.8 Å². The second kappa shape index (κ2) is 9.10. The zero-order valence-corrected chi connectivity index (χ0v) is 14.8. The Balaban J connectivity index is 1.99. The number of urea groups is 1. The molecule has 3 N–H and O–H groups in total. The van der Waals surface area contributed by atoms with Crippen molar-refractivity contribution in [2.24, 2.45) is 0 Å². The lowest BCUT2D eigenvalue weighted by molar-refractivity contribution is 0.262. The fourth-order valence-electron chi connectivity index (χ4n) is 2.29. The molecule has 0 aliphatic carbocycles. The first-order valence-electron chi connectivity index (χ1n) is 8.10. The van der Waals surface area contributed by atoms with E-state index in [0.29, 0.717) is 12.2 Å². The van der Waals surface area contributed by atoms with Gasteiger partial charge in [0.1, 0.15) is 5.82 Å². The average molecular weight is 345 g/mol. The van der Waals surface area contributed by atoms with Crippen molar-refractivity contribution >= 4 is 17.4 Å². The highest BCUT2D eigenvalue weighted by atomic mass is 19.1. The van der Waals surface area contributed by atoms with Crippen LogP contribution in [-0.2, 0) is 6.54 Å². The Hall–Kier alpha value is -2.51. The average Bonchev–Trinajstić information content (AvgIpc) is 2.58. The summed E-state index contributed by atoms with van der Waals surface area (Å²) >= 11 is 0. The summed E-state index contributed by atoms with van der Waals surface area (Å²) in [6, 6.07) is 7.76. The topological polar surface area (TPSA) is 69.3 Å². The SMILES string of the molecule is CNCCN(C)Cc1ccc(F)c(NC(=O)Nc2ccc(C)nc2)c1. The maximum absolute atomic E-state index is 14.0. The molecule has 0 bridgehead atoms. The van der Waals surface area contributed by atoms with Crippen molar-refractivity contribution < 1.29 is 9.18 Å². The highest BCUT2D eigenvalue weighted by Gasteiger charge is 2.09. The van der Waals surface area contributed by atoms with Gasteiger partial charge >= 0.3 is 6.03 Å². The number of hydrogen-bond acceptors (Lipinski definition) is 4. The van der Waals surface area contributed by atoms with E-state index in [1.54, 1.807) is 30.5 Å². The van der Waals surface area contributed by atoms with Gasteiger partial charge < -0.3 is 20.9 Å². The molecule has 1 heterocycles. The number of pyridine rings is 1. The third-order valence-corrected chi connectivity index (χ3v) is 3.64. The van der Waals surface area contributed by atoms with Gasteiger partial charge in [0, 0.05) is 25.3 Å². The summed E-state index contributed by atoms with van der Waals surface area (Å²) in [5.41, 5.74) is 2.47. The summed E-state index contributed by atoms with van der Waals surface area (Å²) in [4.78, 5) is 18.3. The number of benzene rings is 1. The Morgan fingerprint density at radius 1 is 1.24 bits per heavy atom. The Kier molecular flexibility index (Phi) is 6.85. The number of nitrogens with one attached hydrogen (secondary N) is 3. The molecule has 0 fully saturated rings. The van der Waals surface area contributed by atoms with Gasteiger partial charge in [-0.2, -0.15) is 0 Å². The van der Waals surface area contributed by atoms with Crippen LogP contribution in [0, 0.1) is 12.7 Å². The second-order valence-electron chi connectivity index (χ2n) is 5.92. The molecule has 6 nitrogen and oxygen atoms in total. The van der Waals surface area contributed by atoms with Crippen molar-refractivity contribution in [1.82, 2.24) is 15.2 Å². The van der Waals surface area contributed by atoms with Crippen LogP contribution in [0.3, 0.4) is 0 Å². The lowest BCUT2D eigenvalue weighted by Gasteiger charge is -2.17. The van der Waals surface area contributed by atoms with Gasteiger partial charge in [-0.25, -0.2) is 9.18 Å². The number of anilines is 2. The number of hydrogen-bond donors (Lipinski definition) is 3. The van der Waals surface area contributed by atoms with E-state index in [-0.39, 0.29) is 5.69 Å². The smallest absolute Gasteiger partial charge is 0.318 e. The number of amides is 2. The van der Waals surface area contributed by atoms with Crippen molar-refractivity contribution in [3.05, 3.63) is 53.6 Å². The zero-order chi connectivity index (χ0) is 18.2. The number of rotatable bonds is 7. The molecule has 0 saturated carbocycles. The van der Waals surface area contributed by atoms with E-state index >= 15 is 0 Å². The van der Waals surface area contributed by atoms with Crippen molar-refractivity contribution in [2.45, 2.75) is 13.5 Å². The molecule has 25 heavy (non-hydrogen) atoms. The van der Waals surface area contributed by atoms with Crippen LogP contribution in [0.4, 0.5) is 20.6 Å².